The van der Waals surface area contributed by atoms with Crippen molar-refractivity contribution >= 4 is 5.84 Å². The molecule has 0 bridgehead atoms. The normalized spacial score (nSPS) is 39.3. The lowest BCUT2D eigenvalue weighted by atomic mass is 9.96. The maximum atomic E-state index is 13.5. The molecule has 0 aromatic carbocycles. The highest BCUT2D eigenvalue weighted by molar-refractivity contribution is 5.96. The van der Waals surface area contributed by atoms with E-state index in [0.29, 0.717) is 0 Å². The number of nitrogens with zero attached hydrogens (tertiary/aromatic N) is 2. The number of aliphatic imine (C=N–C) groups is 1. The first-order valence-electron chi connectivity index (χ1n) is 5.65. The van der Waals surface area contributed by atoms with Gasteiger partial charge in [-0.1, -0.05) is 6.58 Å². The summed E-state index contributed by atoms with van der Waals surface area (Å²) in [5.74, 6) is -1.05. The fourth-order valence-electron chi connectivity index (χ4n) is 2.11. The van der Waals surface area contributed by atoms with E-state index in [0.717, 1.165) is 11.1 Å². The molecule has 5 N–H and O–H groups in total. The van der Waals surface area contributed by atoms with Crippen LogP contribution in [0, 0.1) is 0 Å². The van der Waals surface area contributed by atoms with Crippen LogP contribution in [-0.4, -0.2) is 56.7 Å². The SMILES string of the molecule is C=C1N=C(N)C(F)=CN1[C@@H]1O[C@H](CO)[C@H](O)C1(C)O. The van der Waals surface area contributed by atoms with E-state index in [1.807, 2.05) is 0 Å². The van der Waals surface area contributed by atoms with Gasteiger partial charge in [-0.15, -0.1) is 0 Å². The summed E-state index contributed by atoms with van der Waals surface area (Å²) in [7, 11) is 0. The van der Waals surface area contributed by atoms with Crippen molar-refractivity contribution in [3.05, 3.63) is 24.4 Å². The van der Waals surface area contributed by atoms with Crippen molar-refractivity contribution in [1.29, 1.82) is 0 Å². The Morgan fingerprint density at radius 3 is 2.84 bits per heavy atom. The van der Waals surface area contributed by atoms with Gasteiger partial charge < -0.3 is 30.7 Å². The van der Waals surface area contributed by atoms with Crippen LogP contribution in [0.1, 0.15) is 6.92 Å². The fourth-order valence-corrected chi connectivity index (χ4v) is 2.11. The summed E-state index contributed by atoms with van der Waals surface area (Å²) < 4.78 is 18.8. The summed E-state index contributed by atoms with van der Waals surface area (Å²) in [6.45, 7) is 4.42. The van der Waals surface area contributed by atoms with Crippen LogP contribution in [0.5, 0.6) is 0 Å². The first kappa shape index (κ1) is 13.9. The molecule has 0 aromatic rings. The van der Waals surface area contributed by atoms with Crippen LogP contribution in [0.4, 0.5) is 4.39 Å². The first-order valence-corrected chi connectivity index (χ1v) is 5.65. The standard InChI is InChI=1S/C11H16FN3O4/c1-5-14-9(13)6(12)3-15(5)10-11(2,18)8(17)7(4-16)19-10/h3,7-8,10,16-18H,1,4H2,2H3,(H2,13,14)/t7-,8+,10-,11?/m1/s1. The predicted octanol–water partition coefficient (Wildman–Crippen LogP) is -1.23. The zero-order valence-electron chi connectivity index (χ0n) is 10.3. The molecular formula is C11H16FN3O4. The van der Waals surface area contributed by atoms with Crippen LogP contribution in [0.15, 0.2) is 29.4 Å². The molecule has 19 heavy (non-hydrogen) atoms. The van der Waals surface area contributed by atoms with Gasteiger partial charge in [0.2, 0.25) is 0 Å². The first-order chi connectivity index (χ1) is 8.78. The average molecular weight is 273 g/mol. The van der Waals surface area contributed by atoms with Crippen molar-refractivity contribution in [1.82, 2.24) is 4.90 Å². The summed E-state index contributed by atoms with van der Waals surface area (Å²) in [5.41, 5.74) is 3.58. The minimum atomic E-state index is -1.73. The molecule has 0 spiro atoms. The third-order valence-electron chi connectivity index (χ3n) is 3.23. The van der Waals surface area contributed by atoms with E-state index in [-0.39, 0.29) is 11.7 Å². The van der Waals surface area contributed by atoms with E-state index in [2.05, 4.69) is 11.6 Å². The van der Waals surface area contributed by atoms with Gasteiger partial charge in [0.1, 0.15) is 23.6 Å². The number of rotatable bonds is 2. The smallest absolute Gasteiger partial charge is 0.181 e. The number of halogens is 1. The number of hydrogen-bond donors (Lipinski definition) is 4. The molecule has 2 heterocycles. The Labute approximate surface area is 109 Å². The Morgan fingerprint density at radius 1 is 1.68 bits per heavy atom. The van der Waals surface area contributed by atoms with Crippen molar-refractivity contribution in [2.24, 2.45) is 10.7 Å². The number of nitrogens with two attached hydrogens (primary N) is 1. The van der Waals surface area contributed by atoms with Gasteiger partial charge >= 0.3 is 0 Å². The Kier molecular flexibility index (Phi) is 3.35. The van der Waals surface area contributed by atoms with Gasteiger partial charge in [-0.2, -0.15) is 0 Å². The van der Waals surface area contributed by atoms with Crippen LogP contribution >= 0.6 is 0 Å². The van der Waals surface area contributed by atoms with Gasteiger partial charge in [0.25, 0.3) is 0 Å². The molecule has 0 saturated carbocycles. The zero-order valence-corrected chi connectivity index (χ0v) is 10.3. The van der Waals surface area contributed by atoms with Crippen molar-refractivity contribution in [3.63, 3.8) is 0 Å². The highest BCUT2D eigenvalue weighted by atomic mass is 19.1. The molecule has 0 amide bonds. The van der Waals surface area contributed by atoms with Gasteiger partial charge in [0, 0.05) is 6.20 Å². The Bertz CT molecular complexity index is 463. The van der Waals surface area contributed by atoms with E-state index in [1.165, 1.54) is 6.92 Å². The molecule has 4 atom stereocenters. The summed E-state index contributed by atoms with van der Waals surface area (Å²) in [5, 5.41) is 29.2. The summed E-state index contributed by atoms with van der Waals surface area (Å²) >= 11 is 0. The molecular weight excluding hydrogens is 257 g/mol. The second-order valence-electron chi connectivity index (χ2n) is 4.68. The minimum absolute atomic E-state index is 0.0648. The van der Waals surface area contributed by atoms with Gasteiger partial charge in [0.15, 0.2) is 17.9 Å². The van der Waals surface area contributed by atoms with Crippen LogP contribution in [0.25, 0.3) is 0 Å². The molecule has 0 aliphatic carbocycles. The number of aliphatic hydroxyl groups is 3. The predicted molar refractivity (Wildman–Crippen MR) is 64.2 cm³/mol. The minimum Gasteiger partial charge on any atom is -0.394 e. The van der Waals surface area contributed by atoms with E-state index in [4.69, 9.17) is 15.6 Å². The van der Waals surface area contributed by atoms with Crippen LogP contribution < -0.4 is 5.73 Å². The van der Waals surface area contributed by atoms with Crippen molar-refractivity contribution in [2.45, 2.75) is 31.0 Å². The number of hydrogen-bond acceptors (Lipinski definition) is 7. The Morgan fingerprint density at radius 2 is 2.32 bits per heavy atom. The Balaban J connectivity index is 2.31. The number of amidine groups is 1. The topological polar surface area (TPSA) is 112 Å². The largest absolute Gasteiger partial charge is 0.394 e. The highest BCUT2D eigenvalue weighted by Gasteiger charge is 2.54. The van der Waals surface area contributed by atoms with E-state index in [9.17, 15) is 14.6 Å². The Hall–Kier alpha value is -1.48. The summed E-state index contributed by atoms with van der Waals surface area (Å²) in [4.78, 5) is 4.81. The third kappa shape index (κ3) is 2.12. The van der Waals surface area contributed by atoms with E-state index in [1.54, 1.807) is 0 Å². The van der Waals surface area contributed by atoms with Gasteiger partial charge in [0.05, 0.1) is 6.61 Å². The molecule has 0 aromatic heterocycles. The zero-order chi connectivity index (χ0) is 14.4. The molecule has 2 aliphatic rings. The van der Waals surface area contributed by atoms with Crippen LogP contribution in [0.3, 0.4) is 0 Å². The fraction of sp³-hybridized carbons (Fsp3) is 0.545. The van der Waals surface area contributed by atoms with Crippen molar-refractivity contribution < 1.29 is 24.4 Å². The lowest BCUT2D eigenvalue weighted by molar-refractivity contribution is -0.111. The van der Waals surface area contributed by atoms with E-state index >= 15 is 0 Å². The lowest BCUT2D eigenvalue weighted by Gasteiger charge is -2.35. The molecule has 1 saturated heterocycles. The molecule has 106 valence electrons. The van der Waals surface area contributed by atoms with Crippen molar-refractivity contribution in [2.75, 3.05) is 6.61 Å². The molecule has 0 radical (unpaired) electrons. The second kappa shape index (κ2) is 4.57. The summed E-state index contributed by atoms with van der Waals surface area (Å²) in [6.07, 6.45) is -2.45. The second-order valence-corrected chi connectivity index (χ2v) is 4.68. The monoisotopic (exact) mass is 273 g/mol. The highest BCUT2D eigenvalue weighted by Crippen LogP contribution is 2.36. The van der Waals surface area contributed by atoms with Crippen LogP contribution in [0.2, 0.25) is 0 Å². The van der Waals surface area contributed by atoms with E-state index < -0.39 is 36.5 Å². The molecule has 1 fully saturated rings. The molecule has 1 unspecified atom stereocenters. The van der Waals surface area contributed by atoms with Gasteiger partial charge in [-0.25, -0.2) is 9.38 Å². The molecule has 8 heteroatoms. The number of ether oxygens (including phenoxy) is 1. The number of aliphatic hydroxyl groups excluding tert-OH is 2. The quantitative estimate of drug-likeness (QED) is 0.501. The van der Waals surface area contributed by atoms with Gasteiger partial charge in [-0.3, -0.25) is 0 Å². The average Bonchev–Trinajstić information content (AvgIpc) is 2.56. The van der Waals surface area contributed by atoms with Gasteiger partial charge in [-0.05, 0) is 6.92 Å². The summed E-state index contributed by atoms with van der Waals surface area (Å²) in [6, 6.07) is 0. The molecule has 2 aliphatic heterocycles. The molecule has 7 nitrogen and oxygen atoms in total. The maximum Gasteiger partial charge on any atom is 0.181 e. The lowest BCUT2D eigenvalue weighted by Crippen LogP contribution is -2.51. The van der Waals surface area contributed by atoms with Crippen molar-refractivity contribution in [3.8, 4) is 0 Å². The maximum absolute atomic E-state index is 13.5. The van der Waals surface area contributed by atoms with Crippen LogP contribution in [-0.2, 0) is 4.74 Å². The third-order valence-corrected chi connectivity index (χ3v) is 3.23. The molecule has 2 rings (SSSR count).